The van der Waals surface area contributed by atoms with Gasteiger partial charge in [0.05, 0.1) is 14.1 Å². The average molecular weight is 483 g/mol. The van der Waals surface area contributed by atoms with Gasteiger partial charge in [-0.05, 0) is 31.4 Å². The van der Waals surface area contributed by atoms with E-state index < -0.39 is 6.29 Å². The summed E-state index contributed by atoms with van der Waals surface area (Å²) in [5.74, 6) is 0.577. The second-order valence-electron chi connectivity index (χ2n) is 10.4. The van der Waals surface area contributed by atoms with Crippen LogP contribution >= 0.6 is 0 Å². The van der Waals surface area contributed by atoms with Crippen LogP contribution < -0.4 is 4.74 Å². The zero-order chi connectivity index (χ0) is 25.5. The molecule has 2 rings (SSSR count). The average Bonchev–Trinajstić information content (AvgIpc) is 2.83. The van der Waals surface area contributed by atoms with Crippen LogP contribution in [0.15, 0.2) is 54.6 Å². The molecule has 2 atom stereocenters. The second kappa shape index (κ2) is 15.6. The molecule has 0 aliphatic rings. The molecule has 0 aliphatic heterocycles. The summed E-state index contributed by atoms with van der Waals surface area (Å²) >= 11 is 0. The minimum atomic E-state index is -0.633. The van der Waals surface area contributed by atoms with Crippen LogP contribution in [-0.2, 0) is 22.5 Å². The van der Waals surface area contributed by atoms with Crippen molar-refractivity contribution in [2.45, 2.75) is 104 Å². The molecule has 0 saturated heterocycles. The van der Waals surface area contributed by atoms with Gasteiger partial charge in [0.25, 0.3) is 0 Å². The van der Waals surface area contributed by atoms with Gasteiger partial charge < -0.3 is 14.0 Å². The third-order valence-corrected chi connectivity index (χ3v) is 6.92. The van der Waals surface area contributed by atoms with E-state index in [9.17, 15) is 4.79 Å². The number of aryl methyl sites for hydroxylation is 1. The number of esters is 1. The van der Waals surface area contributed by atoms with Crippen LogP contribution in [0.3, 0.4) is 0 Å². The van der Waals surface area contributed by atoms with Gasteiger partial charge in [0, 0.05) is 12.5 Å². The number of quaternary nitrogens is 1. The number of carbonyl (C=O) groups excluding carboxylic acids is 1. The van der Waals surface area contributed by atoms with Crippen LogP contribution in [0.1, 0.15) is 89.7 Å². The first-order chi connectivity index (χ1) is 16.8. The Bertz CT molecular complexity index is 849. The van der Waals surface area contributed by atoms with Crippen molar-refractivity contribution in [3.05, 3.63) is 65.7 Å². The number of nitrogens with zero attached hydrogens (tertiary/aromatic N) is 1. The molecule has 0 fully saturated rings. The van der Waals surface area contributed by atoms with Crippen LogP contribution in [0.5, 0.6) is 5.75 Å². The number of para-hydroxylation sites is 1. The Morgan fingerprint density at radius 3 is 2.03 bits per heavy atom. The van der Waals surface area contributed by atoms with Gasteiger partial charge in [-0.15, -0.1) is 0 Å². The number of likely N-dealkylation sites (N-methyl/N-ethyl adjacent to an activating group) is 1. The minimum absolute atomic E-state index is 0.241. The standard InChI is InChI=1S/C31H48NO3/c1-6-7-8-9-10-11-12-13-17-22-29-23-18-19-24-30(29)34-27(3)35-31(33)26(2)32(4,5)25-28-20-15-14-16-21-28/h14-16,18-21,23-24,26-27H,6-13,17,22,25H2,1-5H3/q+1. The van der Waals surface area contributed by atoms with Gasteiger partial charge >= 0.3 is 5.97 Å². The maximum atomic E-state index is 12.9. The third kappa shape index (κ3) is 10.9. The number of ether oxygens (including phenoxy) is 2. The lowest BCUT2D eigenvalue weighted by molar-refractivity contribution is -0.917. The summed E-state index contributed by atoms with van der Waals surface area (Å²) in [6.07, 6.45) is 12.2. The first-order valence-corrected chi connectivity index (χ1v) is 13.6. The van der Waals surface area contributed by atoms with E-state index in [0.717, 1.165) is 25.1 Å². The lowest BCUT2D eigenvalue weighted by Gasteiger charge is -2.35. The number of unbranched alkanes of at least 4 members (excludes halogenated alkanes) is 8. The van der Waals surface area contributed by atoms with Crippen molar-refractivity contribution < 1.29 is 18.8 Å². The molecular weight excluding hydrogens is 434 g/mol. The third-order valence-electron chi connectivity index (χ3n) is 6.92. The van der Waals surface area contributed by atoms with E-state index in [0.29, 0.717) is 4.48 Å². The van der Waals surface area contributed by atoms with E-state index in [1.807, 2.05) is 37.3 Å². The van der Waals surface area contributed by atoms with Gasteiger partial charge in [0.15, 0.2) is 6.04 Å². The van der Waals surface area contributed by atoms with Crippen LogP contribution in [0.2, 0.25) is 0 Å². The Morgan fingerprint density at radius 2 is 1.37 bits per heavy atom. The molecule has 0 aromatic heterocycles. The van der Waals surface area contributed by atoms with Crippen LogP contribution in [0, 0.1) is 0 Å². The molecule has 0 spiro atoms. The van der Waals surface area contributed by atoms with Crippen molar-refractivity contribution in [2.24, 2.45) is 0 Å². The smallest absolute Gasteiger partial charge is 0.367 e. The van der Waals surface area contributed by atoms with Gasteiger partial charge in [0.1, 0.15) is 12.3 Å². The van der Waals surface area contributed by atoms with E-state index in [1.165, 1.54) is 62.5 Å². The van der Waals surface area contributed by atoms with E-state index in [1.54, 1.807) is 6.92 Å². The molecule has 2 unspecified atom stereocenters. The van der Waals surface area contributed by atoms with Gasteiger partial charge in [-0.25, -0.2) is 4.79 Å². The Balaban J connectivity index is 1.78. The molecule has 0 saturated carbocycles. The predicted molar refractivity (Wildman–Crippen MR) is 145 cm³/mol. The Morgan fingerprint density at radius 1 is 0.800 bits per heavy atom. The molecule has 2 aromatic rings. The Labute approximate surface area is 214 Å². The summed E-state index contributed by atoms with van der Waals surface area (Å²) < 4.78 is 12.3. The molecule has 35 heavy (non-hydrogen) atoms. The maximum Gasteiger partial charge on any atom is 0.367 e. The van der Waals surface area contributed by atoms with Crippen molar-refractivity contribution in [1.82, 2.24) is 0 Å². The molecule has 0 bridgehead atoms. The summed E-state index contributed by atoms with van der Waals surface area (Å²) in [5, 5.41) is 0. The fraction of sp³-hybridized carbons (Fsp3) is 0.581. The van der Waals surface area contributed by atoms with E-state index in [-0.39, 0.29) is 12.0 Å². The molecule has 2 aromatic carbocycles. The minimum Gasteiger partial charge on any atom is -0.455 e. The van der Waals surface area contributed by atoms with Crippen LogP contribution in [0.4, 0.5) is 0 Å². The summed E-state index contributed by atoms with van der Waals surface area (Å²) in [4.78, 5) is 12.9. The van der Waals surface area contributed by atoms with E-state index >= 15 is 0 Å². The molecule has 0 radical (unpaired) electrons. The van der Waals surface area contributed by atoms with Gasteiger partial charge in [0.2, 0.25) is 6.29 Å². The predicted octanol–water partition coefficient (Wildman–Crippen LogP) is 7.69. The zero-order valence-corrected chi connectivity index (χ0v) is 22.8. The summed E-state index contributed by atoms with van der Waals surface area (Å²) in [6.45, 7) is 6.75. The maximum absolute atomic E-state index is 12.9. The highest BCUT2D eigenvalue weighted by Crippen LogP contribution is 2.23. The highest BCUT2D eigenvalue weighted by molar-refractivity contribution is 5.74. The number of rotatable bonds is 17. The topological polar surface area (TPSA) is 35.5 Å². The fourth-order valence-electron chi connectivity index (χ4n) is 4.39. The van der Waals surface area contributed by atoms with Gasteiger partial charge in [-0.3, -0.25) is 0 Å². The molecule has 0 heterocycles. The first-order valence-electron chi connectivity index (χ1n) is 13.6. The van der Waals surface area contributed by atoms with Crippen molar-refractivity contribution in [1.29, 1.82) is 0 Å². The lowest BCUT2D eigenvalue weighted by atomic mass is 10.0. The number of hydrogen-bond acceptors (Lipinski definition) is 3. The summed E-state index contributed by atoms with van der Waals surface area (Å²) in [5.41, 5.74) is 2.39. The normalized spacial score (nSPS) is 13.3. The molecule has 194 valence electrons. The van der Waals surface area contributed by atoms with E-state index in [4.69, 9.17) is 9.47 Å². The number of hydrogen-bond donors (Lipinski definition) is 0. The molecular formula is C31H48NO3+. The Kier molecular flexibility index (Phi) is 12.9. The lowest BCUT2D eigenvalue weighted by Crippen LogP contribution is -2.51. The molecule has 4 heteroatoms. The Hall–Kier alpha value is -2.33. The summed E-state index contributed by atoms with van der Waals surface area (Å²) in [6, 6.07) is 18.1. The molecule has 0 aliphatic carbocycles. The van der Waals surface area contributed by atoms with Crippen molar-refractivity contribution in [3.8, 4) is 5.75 Å². The quantitative estimate of drug-likeness (QED) is 0.100. The van der Waals surface area contributed by atoms with E-state index in [2.05, 4.69) is 45.3 Å². The largest absolute Gasteiger partial charge is 0.455 e. The SMILES string of the molecule is CCCCCCCCCCCc1ccccc1OC(C)OC(=O)C(C)[N+](C)(C)Cc1ccccc1. The number of carbonyl (C=O) groups is 1. The first kappa shape index (κ1) is 28.9. The van der Waals surface area contributed by atoms with Crippen molar-refractivity contribution in [3.63, 3.8) is 0 Å². The fourth-order valence-corrected chi connectivity index (χ4v) is 4.39. The van der Waals surface area contributed by atoms with Crippen molar-refractivity contribution >= 4 is 5.97 Å². The number of benzene rings is 2. The summed E-state index contributed by atoms with van der Waals surface area (Å²) in [7, 11) is 4.12. The highest BCUT2D eigenvalue weighted by atomic mass is 16.7. The molecule has 0 amide bonds. The van der Waals surface area contributed by atoms with Crippen molar-refractivity contribution in [2.75, 3.05) is 14.1 Å². The highest BCUT2D eigenvalue weighted by Gasteiger charge is 2.33. The van der Waals surface area contributed by atoms with Crippen LogP contribution in [0.25, 0.3) is 0 Å². The second-order valence-corrected chi connectivity index (χ2v) is 10.4. The monoisotopic (exact) mass is 482 g/mol. The molecule has 4 nitrogen and oxygen atoms in total. The molecule has 0 N–H and O–H groups in total. The van der Waals surface area contributed by atoms with Gasteiger partial charge in [-0.2, -0.15) is 0 Å². The zero-order valence-electron chi connectivity index (χ0n) is 22.8. The van der Waals surface area contributed by atoms with Gasteiger partial charge in [-0.1, -0.05) is 107 Å². The van der Waals surface area contributed by atoms with Crippen LogP contribution in [-0.4, -0.2) is 36.9 Å².